The topological polar surface area (TPSA) is 173 Å². The Bertz CT molecular complexity index is 650. The van der Waals surface area contributed by atoms with Crippen LogP contribution in [0.2, 0.25) is 0 Å². The molecule has 15 nitrogen and oxygen atoms in total. The van der Waals surface area contributed by atoms with Gasteiger partial charge >= 0.3 is 11.9 Å². The molecule has 0 aliphatic carbocycles. The van der Waals surface area contributed by atoms with Crippen molar-refractivity contribution in [3.05, 3.63) is 0 Å². The Morgan fingerprint density at radius 2 is 0.682 bits per heavy atom. The molecule has 0 aliphatic rings. The lowest BCUT2D eigenvalue weighted by molar-refractivity contribution is -0.151. The maximum absolute atomic E-state index is 11.3. The van der Waals surface area contributed by atoms with Gasteiger partial charge in [-0.15, -0.1) is 0 Å². The molecule has 260 valence electrons. The third-order valence-electron chi connectivity index (χ3n) is 5.28. The molecule has 0 aromatic rings. The van der Waals surface area contributed by atoms with Crippen LogP contribution >= 0.6 is 0 Å². The summed E-state index contributed by atoms with van der Waals surface area (Å²) in [6.07, 6.45) is 1.56. The molecule has 0 aromatic carbocycles. The SMILES string of the molecule is CCCCOCCOCCOCCOCCOCCOCCOCCOCCOCCOCCOC(=O)CCC(=O)C(=O)O. The van der Waals surface area contributed by atoms with Crippen molar-refractivity contribution in [2.45, 2.75) is 32.6 Å². The Balaban J connectivity index is 3.12. The monoisotopic (exact) mass is 642 g/mol. The lowest BCUT2D eigenvalue weighted by Crippen LogP contribution is -2.17. The number of hydrogen-bond donors (Lipinski definition) is 1. The Morgan fingerprint density at radius 1 is 0.409 bits per heavy atom. The minimum absolute atomic E-state index is 0.0164. The van der Waals surface area contributed by atoms with E-state index in [-0.39, 0.29) is 26.1 Å². The van der Waals surface area contributed by atoms with E-state index in [1.165, 1.54) is 0 Å². The Hall–Kier alpha value is -1.79. The van der Waals surface area contributed by atoms with Gasteiger partial charge in [-0.05, 0) is 6.42 Å². The van der Waals surface area contributed by atoms with Gasteiger partial charge in [-0.25, -0.2) is 4.79 Å². The standard InChI is InChI=1S/C29H54O15/c1-2-3-6-34-7-8-35-9-10-36-11-12-37-13-14-38-15-16-39-17-18-40-19-20-41-21-22-42-23-24-43-25-26-44-28(31)5-4-27(30)29(32)33/h2-26H2,1H3,(H,32,33). The van der Waals surface area contributed by atoms with E-state index in [1.807, 2.05) is 0 Å². The molecule has 0 heterocycles. The maximum atomic E-state index is 11.3. The van der Waals surface area contributed by atoms with Crippen LogP contribution in [0.15, 0.2) is 0 Å². The third kappa shape index (κ3) is 34.7. The molecule has 0 rings (SSSR count). The number of hydrogen-bond acceptors (Lipinski definition) is 14. The van der Waals surface area contributed by atoms with Crippen LogP contribution in [0.25, 0.3) is 0 Å². The van der Waals surface area contributed by atoms with Gasteiger partial charge in [0.1, 0.15) is 6.61 Å². The number of esters is 1. The number of carboxylic acid groups (broad SMARTS) is 1. The van der Waals surface area contributed by atoms with Gasteiger partial charge in [0.2, 0.25) is 5.78 Å². The van der Waals surface area contributed by atoms with Gasteiger partial charge in [0.25, 0.3) is 0 Å². The van der Waals surface area contributed by atoms with Crippen molar-refractivity contribution < 1.29 is 71.6 Å². The molecular formula is C29H54O15. The van der Waals surface area contributed by atoms with Crippen molar-refractivity contribution in [3.8, 4) is 0 Å². The summed E-state index contributed by atoms with van der Waals surface area (Å²) in [6.45, 7) is 11.8. The first-order chi connectivity index (χ1) is 21.6. The summed E-state index contributed by atoms with van der Waals surface area (Å²) in [6, 6.07) is 0. The normalized spacial score (nSPS) is 11.2. The molecule has 44 heavy (non-hydrogen) atoms. The number of ketones is 1. The number of Topliss-reactive ketones (excluding diaryl/α,β-unsaturated/α-hetero) is 1. The van der Waals surface area contributed by atoms with E-state index in [4.69, 9.17) is 57.2 Å². The molecule has 0 spiro atoms. The van der Waals surface area contributed by atoms with E-state index in [9.17, 15) is 14.4 Å². The molecule has 0 aromatic heterocycles. The zero-order valence-corrected chi connectivity index (χ0v) is 26.3. The van der Waals surface area contributed by atoms with Crippen LogP contribution < -0.4 is 0 Å². The number of carbonyl (C=O) groups excluding carboxylic acids is 2. The zero-order valence-electron chi connectivity index (χ0n) is 26.3. The van der Waals surface area contributed by atoms with Gasteiger partial charge in [0.15, 0.2) is 0 Å². The number of carbonyl (C=O) groups is 3. The molecule has 0 amide bonds. The Labute approximate surface area is 260 Å². The van der Waals surface area contributed by atoms with Crippen molar-refractivity contribution in [2.24, 2.45) is 0 Å². The highest BCUT2D eigenvalue weighted by Gasteiger charge is 2.14. The molecule has 15 heteroatoms. The number of unbranched alkanes of at least 4 members (excludes halogenated alkanes) is 1. The van der Waals surface area contributed by atoms with Crippen LogP contribution in [-0.2, 0) is 66.5 Å². The number of ether oxygens (including phenoxy) is 11. The minimum atomic E-state index is -1.56. The second-order valence-corrected chi connectivity index (χ2v) is 8.93. The van der Waals surface area contributed by atoms with Gasteiger partial charge in [0.05, 0.1) is 132 Å². The zero-order chi connectivity index (χ0) is 32.2. The summed E-state index contributed by atoms with van der Waals surface area (Å²) in [7, 11) is 0. The highest BCUT2D eigenvalue weighted by molar-refractivity contribution is 6.32. The Morgan fingerprint density at radius 3 is 0.955 bits per heavy atom. The minimum Gasteiger partial charge on any atom is -0.476 e. The lowest BCUT2D eigenvalue weighted by Gasteiger charge is -2.09. The third-order valence-corrected chi connectivity index (χ3v) is 5.28. The predicted molar refractivity (Wildman–Crippen MR) is 156 cm³/mol. The molecule has 0 aliphatic heterocycles. The molecule has 0 radical (unpaired) electrons. The number of rotatable bonds is 37. The van der Waals surface area contributed by atoms with Crippen LogP contribution in [0.1, 0.15) is 32.6 Å². The summed E-state index contributed by atoms with van der Waals surface area (Å²) in [4.78, 5) is 32.6. The van der Waals surface area contributed by atoms with Crippen LogP contribution in [-0.4, -0.2) is 162 Å². The average molecular weight is 643 g/mol. The van der Waals surface area contributed by atoms with Crippen molar-refractivity contribution in [3.63, 3.8) is 0 Å². The van der Waals surface area contributed by atoms with Crippen LogP contribution in [0.3, 0.4) is 0 Å². The first kappa shape index (κ1) is 42.2. The fourth-order valence-electron chi connectivity index (χ4n) is 2.94. The summed E-state index contributed by atoms with van der Waals surface area (Å²) >= 11 is 0. The molecule has 0 unspecified atom stereocenters. The van der Waals surface area contributed by atoms with Crippen molar-refractivity contribution >= 4 is 17.7 Å². The molecule has 0 saturated heterocycles. The molecule has 1 N–H and O–H groups in total. The van der Waals surface area contributed by atoms with E-state index in [2.05, 4.69) is 6.92 Å². The van der Waals surface area contributed by atoms with Crippen LogP contribution in [0.5, 0.6) is 0 Å². The van der Waals surface area contributed by atoms with Gasteiger partial charge in [-0.3, -0.25) is 9.59 Å². The fourth-order valence-corrected chi connectivity index (χ4v) is 2.94. The van der Waals surface area contributed by atoms with E-state index >= 15 is 0 Å². The van der Waals surface area contributed by atoms with E-state index < -0.39 is 17.7 Å². The molecule has 0 bridgehead atoms. The maximum Gasteiger partial charge on any atom is 0.372 e. The summed E-state index contributed by atoms with van der Waals surface area (Å²) in [5.74, 6) is -3.23. The first-order valence-electron chi connectivity index (χ1n) is 15.3. The second-order valence-electron chi connectivity index (χ2n) is 8.93. The van der Waals surface area contributed by atoms with E-state index in [0.717, 1.165) is 19.4 Å². The van der Waals surface area contributed by atoms with Gasteiger partial charge in [0, 0.05) is 13.0 Å². The van der Waals surface area contributed by atoms with Crippen molar-refractivity contribution in [2.75, 3.05) is 139 Å². The number of carboxylic acids is 1. The van der Waals surface area contributed by atoms with Gasteiger partial charge in [-0.1, -0.05) is 13.3 Å². The lowest BCUT2D eigenvalue weighted by atomic mass is 10.2. The summed E-state index contributed by atoms with van der Waals surface area (Å²) in [5, 5.41) is 8.43. The molecule has 0 atom stereocenters. The number of aliphatic carboxylic acids is 1. The van der Waals surface area contributed by atoms with E-state index in [0.29, 0.717) is 119 Å². The second kappa shape index (κ2) is 35.7. The highest BCUT2D eigenvalue weighted by Crippen LogP contribution is 1.95. The van der Waals surface area contributed by atoms with Crippen LogP contribution in [0, 0.1) is 0 Å². The summed E-state index contributed by atoms with van der Waals surface area (Å²) < 4.78 is 58.9. The van der Waals surface area contributed by atoms with Crippen molar-refractivity contribution in [1.29, 1.82) is 0 Å². The molecular weight excluding hydrogens is 588 g/mol. The quantitative estimate of drug-likeness (QED) is 0.0576. The average Bonchev–Trinajstić information content (AvgIpc) is 3.02. The largest absolute Gasteiger partial charge is 0.476 e. The summed E-state index contributed by atoms with van der Waals surface area (Å²) in [5.41, 5.74) is 0. The molecule has 0 saturated carbocycles. The van der Waals surface area contributed by atoms with E-state index in [1.54, 1.807) is 0 Å². The first-order valence-corrected chi connectivity index (χ1v) is 15.3. The predicted octanol–water partition coefficient (Wildman–Crippen LogP) is 0.930. The smallest absolute Gasteiger partial charge is 0.372 e. The van der Waals surface area contributed by atoms with Gasteiger partial charge in [-0.2, -0.15) is 0 Å². The highest BCUT2D eigenvalue weighted by atomic mass is 16.6. The van der Waals surface area contributed by atoms with Crippen molar-refractivity contribution in [1.82, 2.24) is 0 Å². The van der Waals surface area contributed by atoms with Crippen LogP contribution in [0.4, 0.5) is 0 Å². The Kier molecular flexibility index (Phi) is 34.2. The fraction of sp³-hybridized carbons (Fsp3) is 0.897. The molecule has 0 fully saturated rings. The van der Waals surface area contributed by atoms with Gasteiger partial charge < -0.3 is 57.2 Å².